The lowest BCUT2D eigenvalue weighted by molar-refractivity contribution is -0.111. The van der Waals surface area contributed by atoms with Crippen LogP contribution in [-0.4, -0.2) is 25.4 Å². The molecular weight excluding hydrogens is 472 g/mol. The smallest absolute Gasteiger partial charge is 0.247 e. The Morgan fingerprint density at radius 3 is 2.25 bits per heavy atom. The van der Waals surface area contributed by atoms with Gasteiger partial charge in [-0.05, 0) is 47.0 Å². The van der Waals surface area contributed by atoms with Gasteiger partial charge >= 0.3 is 0 Å². The first-order chi connectivity index (χ1) is 17.6. The molecule has 2 aromatic heterocycles. The molecular formula is C28H23ClN6O. The molecule has 7 nitrogen and oxygen atoms in total. The fraction of sp³-hybridized carbons (Fsp3) is 0.0714. The molecule has 0 atom stereocenters. The monoisotopic (exact) mass is 494 g/mol. The van der Waals surface area contributed by atoms with Gasteiger partial charge in [0.1, 0.15) is 6.33 Å². The molecule has 5 aromatic rings. The Balaban J connectivity index is 1.58. The quantitative estimate of drug-likeness (QED) is 0.218. The fourth-order valence-electron chi connectivity index (χ4n) is 4.01. The average Bonchev–Trinajstić information content (AvgIpc) is 3.33. The molecule has 0 aliphatic carbocycles. The van der Waals surface area contributed by atoms with E-state index in [1.165, 1.54) is 6.08 Å². The van der Waals surface area contributed by atoms with E-state index in [9.17, 15) is 4.79 Å². The summed E-state index contributed by atoms with van der Waals surface area (Å²) in [6.45, 7) is 4.74. The summed E-state index contributed by atoms with van der Waals surface area (Å²) in [7, 11) is 0. The maximum Gasteiger partial charge on any atom is 0.247 e. The number of hydrogen-bond acceptors (Lipinski definition) is 5. The maximum atomic E-state index is 11.8. The zero-order valence-corrected chi connectivity index (χ0v) is 20.1. The molecule has 0 saturated heterocycles. The first-order valence-corrected chi connectivity index (χ1v) is 11.8. The molecule has 0 unspecified atom stereocenters. The highest BCUT2D eigenvalue weighted by Gasteiger charge is 2.20. The normalized spacial score (nSPS) is 10.8. The van der Waals surface area contributed by atoms with Crippen LogP contribution in [0, 0.1) is 0 Å². The molecule has 2 heterocycles. The number of anilines is 2. The zero-order chi connectivity index (χ0) is 24.9. The van der Waals surface area contributed by atoms with Crippen LogP contribution >= 0.6 is 11.6 Å². The van der Waals surface area contributed by atoms with Gasteiger partial charge in [0.15, 0.2) is 17.0 Å². The Bertz CT molecular complexity index is 1480. The number of carbonyl (C=O) groups is 1. The number of nitrogens with one attached hydrogen (secondary N) is 1. The van der Waals surface area contributed by atoms with E-state index in [-0.39, 0.29) is 11.2 Å². The van der Waals surface area contributed by atoms with E-state index in [2.05, 4.69) is 56.0 Å². The lowest BCUT2D eigenvalue weighted by atomic mass is 10.1. The number of rotatable bonds is 8. The van der Waals surface area contributed by atoms with E-state index in [1.807, 2.05) is 59.2 Å². The van der Waals surface area contributed by atoms with Crippen LogP contribution in [0.1, 0.15) is 11.1 Å². The summed E-state index contributed by atoms with van der Waals surface area (Å²) < 4.78 is 1.83. The topological polar surface area (TPSA) is 75.9 Å². The molecule has 1 N–H and O–H groups in total. The molecule has 0 aliphatic rings. The molecule has 1 amide bonds. The van der Waals surface area contributed by atoms with Gasteiger partial charge in [0.05, 0.1) is 5.69 Å². The number of fused-ring (bicyclic) bond motifs is 1. The molecule has 5 rings (SSSR count). The van der Waals surface area contributed by atoms with Crippen LogP contribution in [0.4, 0.5) is 11.5 Å². The summed E-state index contributed by atoms with van der Waals surface area (Å²) in [6, 6.07) is 27.8. The number of amides is 1. The zero-order valence-electron chi connectivity index (χ0n) is 19.4. The number of hydrogen-bond donors (Lipinski definition) is 1. The largest absolute Gasteiger partial charge is 0.346 e. The van der Waals surface area contributed by atoms with Crippen molar-refractivity contribution in [2.45, 2.75) is 13.1 Å². The Kier molecular flexibility index (Phi) is 6.73. The molecule has 178 valence electrons. The van der Waals surface area contributed by atoms with Crippen LogP contribution in [0.2, 0.25) is 5.28 Å². The van der Waals surface area contributed by atoms with E-state index in [1.54, 1.807) is 12.4 Å². The molecule has 0 saturated carbocycles. The van der Waals surface area contributed by atoms with E-state index >= 15 is 0 Å². The molecule has 0 fully saturated rings. The summed E-state index contributed by atoms with van der Waals surface area (Å²) in [5, 5.41) is 2.91. The van der Waals surface area contributed by atoms with Crippen molar-refractivity contribution in [2.24, 2.45) is 0 Å². The van der Waals surface area contributed by atoms with Crippen molar-refractivity contribution in [1.82, 2.24) is 19.5 Å². The van der Waals surface area contributed by atoms with Gasteiger partial charge in [0.25, 0.3) is 0 Å². The van der Waals surface area contributed by atoms with Crippen molar-refractivity contribution in [3.8, 4) is 5.69 Å². The third-order valence-electron chi connectivity index (χ3n) is 5.66. The van der Waals surface area contributed by atoms with Crippen LogP contribution < -0.4 is 10.2 Å². The Labute approximate surface area is 213 Å². The van der Waals surface area contributed by atoms with Crippen molar-refractivity contribution in [3.63, 3.8) is 0 Å². The molecule has 0 aliphatic heterocycles. The number of carbonyl (C=O) groups excluding carboxylic acids is 1. The van der Waals surface area contributed by atoms with Crippen LogP contribution in [0.5, 0.6) is 0 Å². The maximum absolute atomic E-state index is 11.8. The first-order valence-electron chi connectivity index (χ1n) is 11.4. The summed E-state index contributed by atoms with van der Waals surface area (Å²) in [4.78, 5) is 27.7. The molecule has 0 radical (unpaired) electrons. The van der Waals surface area contributed by atoms with Crippen molar-refractivity contribution in [3.05, 3.63) is 120 Å². The van der Waals surface area contributed by atoms with Crippen LogP contribution in [0.25, 0.3) is 16.9 Å². The van der Waals surface area contributed by atoms with Crippen molar-refractivity contribution in [1.29, 1.82) is 0 Å². The van der Waals surface area contributed by atoms with Crippen molar-refractivity contribution < 1.29 is 4.79 Å². The highest BCUT2D eigenvalue weighted by molar-refractivity contribution is 6.28. The number of nitrogens with zero attached hydrogens (tertiary/aromatic N) is 5. The molecule has 36 heavy (non-hydrogen) atoms. The van der Waals surface area contributed by atoms with Crippen LogP contribution in [-0.2, 0) is 17.9 Å². The lowest BCUT2D eigenvalue weighted by Crippen LogP contribution is -2.24. The number of halogens is 1. The summed E-state index contributed by atoms with van der Waals surface area (Å²) >= 11 is 6.45. The van der Waals surface area contributed by atoms with E-state index < -0.39 is 0 Å². The Morgan fingerprint density at radius 1 is 0.944 bits per heavy atom. The van der Waals surface area contributed by atoms with Crippen LogP contribution in [0.15, 0.2) is 104 Å². The van der Waals surface area contributed by atoms with Gasteiger partial charge in [-0.15, -0.1) is 0 Å². The Hall–Kier alpha value is -4.49. The second kappa shape index (κ2) is 10.4. The van der Waals surface area contributed by atoms with Crippen LogP contribution in [0.3, 0.4) is 0 Å². The highest BCUT2D eigenvalue weighted by atomic mass is 35.5. The third-order valence-corrected chi connectivity index (χ3v) is 5.83. The predicted molar refractivity (Wildman–Crippen MR) is 143 cm³/mol. The standard InChI is InChI=1S/C28H23ClN6O/c1-2-24(36)31-22-14-9-15-23(16-22)35-19-30-25-26(32-28(29)33-27(25)35)34(17-20-10-5-3-6-11-20)18-21-12-7-4-8-13-21/h2-16,19H,1,17-18H2,(H,31,36). The van der Waals surface area contributed by atoms with E-state index in [0.29, 0.717) is 35.8 Å². The minimum atomic E-state index is -0.284. The number of imidazole rings is 1. The molecule has 3 aromatic carbocycles. The van der Waals surface area contributed by atoms with Crippen molar-refractivity contribution in [2.75, 3.05) is 10.2 Å². The minimum absolute atomic E-state index is 0.126. The van der Waals surface area contributed by atoms with Gasteiger partial charge in [-0.1, -0.05) is 73.3 Å². The van der Waals surface area contributed by atoms with E-state index in [0.717, 1.165) is 16.8 Å². The summed E-state index contributed by atoms with van der Waals surface area (Å²) in [5.74, 6) is 0.361. The van der Waals surface area contributed by atoms with Gasteiger partial charge in [-0.3, -0.25) is 9.36 Å². The second-order valence-corrected chi connectivity index (χ2v) is 8.51. The van der Waals surface area contributed by atoms with Gasteiger partial charge in [-0.25, -0.2) is 4.98 Å². The molecule has 0 spiro atoms. The van der Waals surface area contributed by atoms with Crippen molar-refractivity contribution >= 4 is 40.2 Å². The van der Waals surface area contributed by atoms with Gasteiger partial charge < -0.3 is 10.2 Å². The van der Waals surface area contributed by atoms with E-state index in [4.69, 9.17) is 11.6 Å². The summed E-state index contributed by atoms with van der Waals surface area (Å²) in [6.07, 6.45) is 2.92. The molecule has 8 heteroatoms. The number of benzene rings is 3. The van der Waals surface area contributed by atoms with Gasteiger partial charge in [0, 0.05) is 18.8 Å². The third kappa shape index (κ3) is 5.11. The second-order valence-electron chi connectivity index (χ2n) is 8.17. The summed E-state index contributed by atoms with van der Waals surface area (Å²) in [5.41, 5.74) is 4.89. The number of aromatic nitrogens is 4. The fourth-order valence-corrected chi connectivity index (χ4v) is 4.17. The first kappa shape index (κ1) is 23.3. The average molecular weight is 495 g/mol. The molecule has 0 bridgehead atoms. The van der Waals surface area contributed by atoms with Gasteiger partial charge in [0.2, 0.25) is 11.2 Å². The highest BCUT2D eigenvalue weighted by Crippen LogP contribution is 2.29. The SMILES string of the molecule is C=CC(=O)Nc1cccc(-n2cnc3c(N(Cc4ccccc4)Cc4ccccc4)nc(Cl)nc32)c1. The van der Waals surface area contributed by atoms with Gasteiger partial charge in [-0.2, -0.15) is 9.97 Å². The minimum Gasteiger partial charge on any atom is -0.346 e. The lowest BCUT2D eigenvalue weighted by Gasteiger charge is -2.24. The predicted octanol–water partition coefficient (Wildman–Crippen LogP) is 5.80. The Morgan fingerprint density at radius 2 is 1.61 bits per heavy atom.